The normalized spacial score (nSPS) is 17.6. The van der Waals surface area contributed by atoms with Crippen molar-refractivity contribution in [3.05, 3.63) is 35.4 Å². The van der Waals surface area contributed by atoms with Crippen LogP contribution in [0, 0.1) is 5.92 Å². The van der Waals surface area contributed by atoms with E-state index < -0.39 is 23.3 Å². The molecule has 1 atom stereocenters. The molecule has 3 amide bonds. The van der Waals surface area contributed by atoms with Crippen molar-refractivity contribution in [2.45, 2.75) is 26.3 Å². The topological polar surface area (TPSA) is 80.5 Å². The number of rotatable bonds is 3. The zero-order valence-corrected chi connectivity index (χ0v) is 11.1. The van der Waals surface area contributed by atoms with Crippen LogP contribution in [0.15, 0.2) is 24.3 Å². The number of carbonyl (C=O) groups excluding carboxylic acids is 3. The van der Waals surface area contributed by atoms with E-state index in [9.17, 15) is 14.4 Å². The molecule has 1 heterocycles. The molecule has 0 unspecified atom stereocenters. The number of benzene rings is 1. The lowest BCUT2D eigenvalue weighted by molar-refractivity contribution is -0.129. The predicted octanol–water partition coefficient (Wildman–Crippen LogP) is 1.18. The molecule has 0 aromatic heterocycles. The molecule has 19 heavy (non-hydrogen) atoms. The summed E-state index contributed by atoms with van der Waals surface area (Å²) in [6, 6.07) is 6.53. The Morgan fingerprint density at radius 2 is 1.58 bits per heavy atom. The number of fused-ring (bicyclic) bond motifs is 1. The summed E-state index contributed by atoms with van der Waals surface area (Å²) in [5, 5.41) is 0. The molecule has 0 fully saturated rings. The molecule has 1 aliphatic heterocycles. The van der Waals surface area contributed by atoms with Crippen LogP contribution < -0.4 is 5.73 Å². The minimum absolute atomic E-state index is 0.271. The molecule has 0 radical (unpaired) electrons. The Morgan fingerprint density at radius 1 is 1.16 bits per heavy atom. The summed E-state index contributed by atoms with van der Waals surface area (Å²) in [5.41, 5.74) is 4.74. The Hall–Kier alpha value is -2.17. The van der Waals surface area contributed by atoms with E-state index in [-0.39, 0.29) is 5.92 Å². The van der Waals surface area contributed by atoms with Crippen LogP contribution >= 0.6 is 0 Å². The van der Waals surface area contributed by atoms with Crippen molar-refractivity contribution >= 4 is 17.7 Å². The van der Waals surface area contributed by atoms with Crippen molar-refractivity contribution in [1.29, 1.82) is 0 Å². The monoisotopic (exact) mass is 260 g/mol. The average Bonchev–Trinajstić information content (AvgIpc) is 2.61. The average molecular weight is 260 g/mol. The highest BCUT2D eigenvalue weighted by Crippen LogP contribution is 2.33. The van der Waals surface area contributed by atoms with Gasteiger partial charge in [0.15, 0.2) is 0 Å². The Bertz CT molecular complexity index is 545. The summed E-state index contributed by atoms with van der Waals surface area (Å²) >= 11 is 0. The van der Waals surface area contributed by atoms with Crippen LogP contribution in [-0.2, 0) is 4.79 Å². The van der Waals surface area contributed by atoms with Crippen LogP contribution in [0.3, 0.4) is 0 Å². The molecular weight excluding hydrogens is 244 g/mol. The van der Waals surface area contributed by atoms with Crippen molar-refractivity contribution in [3.63, 3.8) is 0 Å². The zero-order valence-electron chi connectivity index (χ0n) is 11.1. The lowest BCUT2D eigenvalue weighted by Crippen LogP contribution is -2.60. The van der Waals surface area contributed by atoms with E-state index in [0.717, 1.165) is 4.90 Å². The highest BCUT2D eigenvalue weighted by Gasteiger charge is 2.51. The van der Waals surface area contributed by atoms with Crippen molar-refractivity contribution in [2.75, 3.05) is 0 Å². The standard InChI is InChI=1S/C14H16N2O3/c1-8(2)14(3,13(15)19)16-11(17)9-6-4-5-7-10(9)12(16)18/h4-8H,1-3H3,(H2,15,19)/t14-/m1/s1. The van der Waals surface area contributed by atoms with Crippen LogP contribution in [0.25, 0.3) is 0 Å². The summed E-state index contributed by atoms with van der Waals surface area (Å²) in [5.74, 6) is -1.88. The second-order valence-electron chi connectivity index (χ2n) is 5.16. The molecule has 0 bridgehead atoms. The van der Waals surface area contributed by atoms with Crippen LogP contribution in [0.4, 0.5) is 0 Å². The third-order valence-electron chi connectivity index (χ3n) is 3.88. The molecule has 0 spiro atoms. The minimum atomic E-state index is -1.33. The van der Waals surface area contributed by atoms with Crippen molar-refractivity contribution < 1.29 is 14.4 Å². The number of amides is 3. The molecule has 1 aromatic rings. The molecule has 0 saturated heterocycles. The smallest absolute Gasteiger partial charge is 0.262 e. The van der Waals surface area contributed by atoms with Gasteiger partial charge >= 0.3 is 0 Å². The molecule has 1 aromatic carbocycles. The van der Waals surface area contributed by atoms with Crippen LogP contribution in [0.5, 0.6) is 0 Å². The quantitative estimate of drug-likeness (QED) is 0.829. The maximum atomic E-state index is 12.4. The number of primary amides is 1. The summed E-state index contributed by atoms with van der Waals surface area (Å²) in [7, 11) is 0. The van der Waals surface area contributed by atoms with E-state index in [1.165, 1.54) is 6.92 Å². The number of hydrogen-bond acceptors (Lipinski definition) is 3. The SMILES string of the molecule is CC(C)[C@](C)(C(N)=O)N1C(=O)c2ccccc2C1=O. The number of carbonyl (C=O) groups is 3. The van der Waals surface area contributed by atoms with Gasteiger partial charge in [-0.1, -0.05) is 26.0 Å². The Morgan fingerprint density at radius 3 is 1.89 bits per heavy atom. The fraction of sp³-hybridized carbons (Fsp3) is 0.357. The number of nitrogens with zero attached hydrogens (tertiary/aromatic N) is 1. The largest absolute Gasteiger partial charge is 0.368 e. The van der Waals surface area contributed by atoms with E-state index >= 15 is 0 Å². The highest BCUT2D eigenvalue weighted by molar-refractivity contribution is 6.23. The van der Waals surface area contributed by atoms with E-state index in [1.807, 2.05) is 0 Å². The molecule has 5 heteroatoms. The molecule has 5 nitrogen and oxygen atoms in total. The van der Waals surface area contributed by atoms with Gasteiger partial charge in [0.25, 0.3) is 11.8 Å². The first kappa shape index (κ1) is 13.3. The minimum Gasteiger partial charge on any atom is -0.368 e. The van der Waals surface area contributed by atoms with Gasteiger partial charge in [-0.15, -0.1) is 0 Å². The summed E-state index contributed by atoms with van der Waals surface area (Å²) in [4.78, 5) is 37.5. The molecule has 1 aliphatic rings. The Kier molecular flexibility index (Phi) is 2.92. The van der Waals surface area contributed by atoms with Crippen molar-refractivity contribution in [1.82, 2.24) is 4.90 Å². The van der Waals surface area contributed by atoms with Gasteiger partial charge in [0.1, 0.15) is 5.54 Å². The van der Waals surface area contributed by atoms with E-state index in [1.54, 1.807) is 38.1 Å². The lowest BCUT2D eigenvalue weighted by atomic mass is 9.85. The maximum Gasteiger partial charge on any atom is 0.262 e. The lowest BCUT2D eigenvalue weighted by Gasteiger charge is -2.37. The van der Waals surface area contributed by atoms with Crippen molar-refractivity contribution in [2.24, 2.45) is 11.7 Å². The van der Waals surface area contributed by atoms with Crippen LogP contribution in [0.1, 0.15) is 41.5 Å². The van der Waals surface area contributed by atoms with Gasteiger partial charge in [0.05, 0.1) is 11.1 Å². The Labute approximate surface area is 111 Å². The third kappa shape index (κ3) is 1.65. The van der Waals surface area contributed by atoms with E-state index in [0.29, 0.717) is 11.1 Å². The molecule has 2 rings (SSSR count). The number of imide groups is 1. The first-order valence-electron chi connectivity index (χ1n) is 6.09. The summed E-state index contributed by atoms with van der Waals surface area (Å²) in [6.45, 7) is 5.05. The van der Waals surface area contributed by atoms with Gasteiger partial charge < -0.3 is 5.73 Å². The third-order valence-corrected chi connectivity index (χ3v) is 3.88. The van der Waals surface area contributed by atoms with Gasteiger partial charge in [0, 0.05) is 0 Å². The van der Waals surface area contributed by atoms with Crippen LogP contribution in [-0.4, -0.2) is 28.2 Å². The molecule has 2 N–H and O–H groups in total. The van der Waals surface area contributed by atoms with E-state index in [2.05, 4.69) is 0 Å². The maximum absolute atomic E-state index is 12.4. The molecule has 100 valence electrons. The van der Waals surface area contributed by atoms with Gasteiger partial charge in [0.2, 0.25) is 5.91 Å². The predicted molar refractivity (Wildman–Crippen MR) is 69.4 cm³/mol. The van der Waals surface area contributed by atoms with Crippen molar-refractivity contribution in [3.8, 4) is 0 Å². The van der Waals surface area contributed by atoms with E-state index in [4.69, 9.17) is 5.73 Å². The first-order valence-corrected chi connectivity index (χ1v) is 6.09. The van der Waals surface area contributed by atoms with Gasteiger partial charge in [-0.05, 0) is 25.0 Å². The number of nitrogens with two attached hydrogens (primary N) is 1. The molecule has 0 aliphatic carbocycles. The fourth-order valence-electron chi connectivity index (χ4n) is 2.26. The van der Waals surface area contributed by atoms with Gasteiger partial charge in [-0.25, -0.2) is 0 Å². The second kappa shape index (κ2) is 4.19. The summed E-state index contributed by atoms with van der Waals surface area (Å²) in [6.07, 6.45) is 0. The fourth-order valence-corrected chi connectivity index (χ4v) is 2.26. The Balaban J connectivity index is 2.58. The van der Waals surface area contributed by atoms with Gasteiger partial charge in [-0.2, -0.15) is 0 Å². The zero-order chi connectivity index (χ0) is 14.4. The number of hydrogen-bond donors (Lipinski definition) is 1. The molecule has 0 saturated carbocycles. The molecular formula is C14H16N2O3. The van der Waals surface area contributed by atoms with Crippen LogP contribution in [0.2, 0.25) is 0 Å². The first-order chi connectivity index (χ1) is 8.81. The highest BCUT2D eigenvalue weighted by atomic mass is 16.2. The second-order valence-corrected chi connectivity index (χ2v) is 5.16. The summed E-state index contributed by atoms with van der Waals surface area (Å²) < 4.78 is 0. The van der Waals surface area contributed by atoms with Gasteiger partial charge in [-0.3, -0.25) is 19.3 Å².